The van der Waals surface area contributed by atoms with Crippen LogP contribution in [0.2, 0.25) is 0 Å². The van der Waals surface area contributed by atoms with Gasteiger partial charge < -0.3 is 0 Å². The van der Waals surface area contributed by atoms with Crippen LogP contribution in [-0.4, -0.2) is 0 Å². The maximum absolute atomic E-state index is 9.15. The summed E-state index contributed by atoms with van der Waals surface area (Å²) in [4.78, 5) is 0. The lowest BCUT2D eigenvalue weighted by Gasteiger charge is -2.32. The van der Waals surface area contributed by atoms with Gasteiger partial charge in [0, 0.05) is 11.8 Å². The van der Waals surface area contributed by atoms with Gasteiger partial charge in [-0.05, 0) is 11.1 Å². The Bertz CT molecular complexity index is 555. The number of rotatable bonds is 0. The summed E-state index contributed by atoms with van der Waals surface area (Å²) in [6.07, 6.45) is 4.07. The van der Waals surface area contributed by atoms with Crippen LogP contribution in [0.25, 0.3) is 0 Å². The summed E-state index contributed by atoms with van der Waals surface area (Å²) in [6, 6.07) is 12.4. The van der Waals surface area contributed by atoms with Crippen molar-refractivity contribution in [3.8, 4) is 12.1 Å². The molecule has 3 aliphatic rings. The van der Waals surface area contributed by atoms with E-state index >= 15 is 0 Å². The van der Waals surface area contributed by atoms with E-state index in [2.05, 4.69) is 12.1 Å². The molecule has 0 aromatic heterocycles. The monoisotopic (exact) mass is 204 g/mol. The minimum absolute atomic E-state index is 0.0131. The zero-order valence-electron chi connectivity index (χ0n) is 8.51. The highest BCUT2D eigenvalue weighted by atomic mass is 14.4. The summed E-state index contributed by atoms with van der Waals surface area (Å²) >= 11 is 0. The number of hydrogen-bond donors (Lipinski definition) is 0. The molecule has 2 heteroatoms. The van der Waals surface area contributed by atoms with Crippen molar-refractivity contribution in [2.45, 2.75) is 11.8 Å². The highest BCUT2D eigenvalue weighted by molar-refractivity contribution is 5.63. The zero-order valence-corrected chi connectivity index (χ0v) is 8.51. The van der Waals surface area contributed by atoms with Gasteiger partial charge in [-0.15, -0.1) is 0 Å². The van der Waals surface area contributed by atoms with E-state index < -0.39 is 0 Å². The van der Waals surface area contributed by atoms with E-state index in [0.29, 0.717) is 11.1 Å². The summed E-state index contributed by atoms with van der Waals surface area (Å²) in [7, 11) is 0. The molecule has 0 aliphatic heterocycles. The fourth-order valence-corrected chi connectivity index (χ4v) is 2.60. The minimum Gasteiger partial charge on any atom is -0.193 e. The number of nitrogens with zero attached hydrogens (tertiary/aromatic N) is 2. The summed E-state index contributed by atoms with van der Waals surface area (Å²) in [5.41, 5.74) is 3.58. The highest BCUT2D eigenvalue weighted by Crippen LogP contribution is 2.47. The number of allylic oxidation sites excluding steroid dienone is 4. The Labute approximate surface area is 93.7 Å². The van der Waals surface area contributed by atoms with E-state index in [1.165, 1.54) is 11.1 Å². The van der Waals surface area contributed by atoms with Gasteiger partial charge in [-0.2, -0.15) is 10.5 Å². The average Bonchev–Trinajstić information content (AvgIpc) is 2.38. The van der Waals surface area contributed by atoms with Gasteiger partial charge in [0.1, 0.15) is 0 Å². The third-order valence-corrected chi connectivity index (χ3v) is 3.32. The molecule has 0 saturated heterocycles. The molecule has 2 atom stereocenters. The Hall–Kier alpha value is -2.32. The number of benzene rings is 1. The second-order valence-electron chi connectivity index (χ2n) is 4.02. The van der Waals surface area contributed by atoms with Crippen molar-refractivity contribution in [3.05, 3.63) is 58.7 Å². The molecule has 74 valence electrons. The SMILES string of the molecule is N#CC1=C(C#N)[C@@H]2C=C[C@H]1c1ccccc12. The van der Waals surface area contributed by atoms with Gasteiger partial charge in [0.2, 0.25) is 0 Å². The van der Waals surface area contributed by atoms with Gasteiger partial charge in [0.25, 0.3) is 0 Å². The quantitative estimate of drug-likeness (QED) is 0.610. The van der Waals surface area contributed by atoms with E-state index in [1.807, 2.05) is 36.4 Å². The molecule has 0 unspecified atom stereocenters. The molecule has 2 nitrogen and oxygen atoms in total. The molecule has 0 saturated carbocycles. The molecule has 2 bridgehead atoms. The first kappa shape index (κ1) is 8.95. The van der Waals surface area contributed by atoms with Gasteiger partial charge >= 0.3 is 0 Å². The van der Waals surface area contributed by atoms with E-state index in [9.17, 15) is 0 Å². The first-order chi connectivity index (χ1) is 7.86. The molecule has 0 amide bonds. The van der Waals surface area contributed by atoms with E-state index in [0.717, 1.165) is 0 Å². The lowest BCUT2D eigenvalue weighted by molar-refractivity contribution is 0.821. The molecule has 3 aliphatic carbocycles. The van der Waals surface area contributed by atoms with Crippen molar-refractivity contribution in [1.82, 2.24) is 0 Å². The lowest BCUT2D eigenvalue weighted by Crippen LogP contribution is -2.20. The van der Waals surface area contributed by atoms with E-state index in [4.69, 9.17) is 10.5 Å². The number of nitriles is 2. The molecule has 0 spiro atoms. The Balaban J connectivity index is 2.30. The average molecular weight is 204 g/mol. The first-order valence-corrected chi connectivity index (χ1v) is 5.18. The van der Waals surface area contributed by atoms with Crippen molar-refractivity contribution in [2.24, 2.45) is 0 Å². The summed E-state index contributed by atoms with van der Waals surface area (Å²) < 4.78 is 0. The van der Waals surface area contributed by atoms with Crippen LogP contribution in [0.4, 0.5) is 0 Å². The van der Waals surface area contributed by atoms with Gasteiger partial charge in [0.15, 0.2) is 0 Å². The Morgan fingerprint density at radius 2 is 1.25 bits per heavy atom. The summed E-state index contributed by atoms with van der Waals surface area (Å²) in [5.74, 6) is -0.0262. The molecule has 0 N–H and O–H groups in total. The zero-order chi connectivity index (χ0) is 11.1. The largest absolute Gasteiger partial charge is 0.193 e. The van der Waals surface area contributed by atoms with Crippen LogP contribution in [0, 0.1) is 22.7 Å². The fraction of sp³-hybridized carbons (Fsp3) is 0.143. The molecule has 16 heavy (non-hydrogen) atoms. The minimum atomic E-state index is -0.0131. The lowest BCUT2D eigenvalue weighted by atomic mass is 9.68. The molecular weight excluding hydrogens is 196 g/mol. The summed E-state index contributed by atoms with van der Waals surface area (Å²) in [6.45, 7) is 0. The topological polar surface area (TPSA) is 47.6 Å². The molecule has 1 aromatic rings. The van der Waals surface area contributed by atoms with Gasteiger partial charge in [0.05, 0.1) is 23.3 Å². The molecule has 0 heterocycles. The molecular formula is C14H8N2. The third kappa shape index (κ3) is 0.938. The van der Waals surface area contributed by atoms with Crippen LogP contribution >= 0.6 is 0 Å². The van der Waals surface area contributed by atoms with Crippen LogP contribution in [0.1, 0.15) is 23.0 Å². The first-order valence-electron chi connectivity index (χ1n) is 5.18. The summed E-state index contributed by atoms with van der Waals surface area (Å²) in [5, 5.41) is 18.3. The van der Waals surface area contributed by atoms with Crippen molar-refractivity contribution >= 4 is 0 Å². The molecule has 4 rings (SSSR count). The van der Waals surface area contributed by atoms with E-state index in [1.54, 1.807) is 0 Å². The van der Waals surface area contributed by atoms with Crippen molar-refractivity contribution < 1.29 is 0 Å². The Morgan fingerprint density at radius 3 is 1.62 bits per heavy atom. The predicted octanol–water partition coefficient (Wildman–Crippen LogP) is 2.78. The van der Waals surface area contributed by atoms with Crippen LogP contribution in [0.3, 0.4) is 0 Å². The molecule has 1 aromatic carbocycles. The van der Waals surface area contributed by atoms with Crippen LogP contribution < -0.4 is 0 Å². The highest BCUT2D eigenvalue weighted by Gasteiger charge is 2.35. The second-order valence-corrected chi connectivity index (χ2v) is 4.02. The van der Waals surface area contributed by atoms with Gasteiger partial charge in [-0.3, -0.25) is 0 Å². The maximum atomic E-state index is 9.15. The van der Waals surface area contributed by atoms with Crippen LogP contribution in [0.5, 0.6) is 0 Å². The normalized spacial score (nSPS) is 24.9. The van der Waals surface area contributed by atoms with Crippen LogP contribution in [0.15, 0.2) is 47.6 Å². The maximum Gasteiger partial charge on any atom is 0.0967 e. The van der Waals surface area contributed by atoms with E-state index in [-0.39, 0.29) is 11.8 Å². The van der Waals surface area contributed by atoms with Gasteiger partial charge in [-0.1, -0.05) is 36.4 Å². The molecule has 0 fully saturated rings. The second kappa shape index (κ2) is 3.08. The molecule has 0 radical (unpaired) electrons. The van der Waals surface area contributed by atoms with Crippen LogP contribution in [-0.2, 0) is 0 Å². The standard InChI is InChI=1S/C14H8N2/c15-7-13-11-5-6-12(14(13)8-16)10-4-2-1-3-9(10)11/h1-6,11-12H/t11-,12+. The Kier molecular flexibility index (Phi) is 1.72. The third-order valence-electron chi connectivity index (χ3n) is 3.32. The number of hydrogen-bond acceptors (Lipinski definition) is 2. The fourth-order valence-electron chi connectivity index (χ4n) is 2.60. The van der Waals surface area contributed by atoms with Crippen molar-refractivity contribution in [2.75, 3.05) is 0 Å². The van der Waals surface area contributed by atoms with Gasteiger partial charge in [-0.25, -0.2) is 0 Å². The van der Waals surface area contributed by atoms with Crippen molar-refractivity contribution in [1.29, 1.82) is 10.5 Å². The van der Waals surface area contributed by atoms with Crippen molar-refractivity contribution in [3.63, 3.8) is 0 Å². The smallest absolute Gasteiger partial charge is 0.0967 e. The Morgan fingerprint density at radius 1 is 0.812 bits per heavy atom. The predicted molar refractivity (Wildman–Crippen MR) is 59.3 cm³/mol.